The minimum absolute atomic E-state index is 0.544. The average Bonchev–Trinajstić information content (AvgIpc) is 2.40. The molecule has 4 heteroatoms. The summed E-state index contributed by atoms with van der Waals surface area (Å²) >= 11 is 0. The van der Waals surface area contributed by atoms with Gasteiger partial charge in [-0.2, -0.15) is 0 Å². The molecule has 0 unspecified atom stereocenters. The molecular weight excluding hydrogens is 242 g/mol. The summed E-state index contributed by atoms with van der Waals surface area (Å²) in [5.41, 5.74) is 2.07. The van der Waals surface area contributed by atoms with Crippen LogP contribution in [0.5, 0.6) is 5.75 Å². The summed E-state index contributed by atoms with van der Waals surface area (Å²) in [4.78, 5) is 21.2. The number of carbonyl (C=O) groups is 1. The largest absolute Gasteiger partial charge is 0.450 e. The van der Waals surface area contributed by atoms with Crippen LogP contribution >= 0.6 is 0 Å². The van der Waals surface area contributed by atoms with Crippen LogP contribution in [0.2, 0.25) is 0 Å². The highest BCUT2D eigenvalue weighted by Gasteiger charge is 2.07. The molecule has 0 aliphatic rings. The van der Waals surface area contributed by atoms with Crippen molar-refractivity contribution in [3.05, 3.63) is 29.3 Å². The van der Waals surface area contributed by atoms with Crippen LogP contribution in [0.3, 0.4) is 0 Å². The molecule has 1 N–H and O–H groups in total. The predicted octanol–water partition coefficient (Wildman–Crippen LogP) is 3.90. The van der Waals surface area contributed by atoms with E-state index >= 15 is 0 Å². The maximum absolute atomic E-state index is 11.4. The third-order valence-electron chi connectivity index (χ3n) is 3.06. The van der Waals surface area contributed by atoms with Crippen molar-refractivity contribution in [3.63, 3.8) is 0 Å². The van der Waals surface area contributed by atoms with Gasteiger partial charge in [0.1, 0.15) is 0 Å². The maximum atomic E-state index is 11.4. The Hall–Kier alpha value is -1.71. The molecule has 0 saturated carbocycles. The van der Waals surface area contributed by atoms with Gasteiger partial charge in [-0.3, -0.25) is 4.89 Å². The topological polar surface area (TPSA) is 47.6 Å². The fourth-order valence-electron chi connectivity index (χ4n) is 1.67. The summed E-state index contributed by atoms with van der Waals surface area (Å²) in [5, 5.41) is 2.66. The van der Waals surface area contributed by atoms with E-state index in [-0.39, 0.29) is 0 Å². The zero-order chi connectivity index (χ0) is 14.1. The molecule has 1 amide bonds. The van der Waals surface area contributed by atoms with Crippen LogP contribution in [0.15, 0.2) is 18.2 Å². The lowest BCUT2D eigenvalue weighted by Crippen LogP contribution is -2.26. The molecule has 106 valence electrons. The Morgan fingerprint density at radius 3 is 2.74 bits per heavy atom. The normalized spacial score (nSPS) is 10.1. The second-order valence-corrected chi connectivity index (χ2v) is 4.64. The summed E-state index contributed by atoms with van der Waals surface area (Å²) in [5.74, 6) is 0.570. The quantitative estimate of drug-likeness (QED) is 0.462. The molecule has 4 nitrogen and oxygen atoms in total. The number of benzene rings is 1. The number of unbranched alkanes of at least 4 members (excludes halogenated alkanes) is 3. The van der Waals surface area contributed by atoms with E-state index in [1.807, 2.05) is 26.0 Å². The third kappa shape index (κ3) is 5.64. The standard InChI is InChI=1S/C15H23NO3/c1-4-5-6-7-11-16-15(17)19-18-14-10-8-9-12(2)13(14)3/h8-10H,4-7,11H2,1-3H3,(H,16,17). The van der Waals surface area contributed by atoms with Gasteiger partial charge in [-0.1, -0.05) is 38.3 Å². The molecule has 0 spiro atoms. The molecule has 0 fully saturated rings. The van der Waals surface area contributed by atoms with Crippen LogP contribution in [-0.2, 0) is 4.89 Å². The second kappa shape index (κ2) is 8.40. The SMILES string of the molecule is CCCCCCNC(=O)OOc1cccc(C)c1C. The van der Waals surface area contributed by atoms with Crippen molar-refractivity contribution in [2.75, 3.05) is 6.54 Å². The number of carbonyl (C=O) groups excluding carboxylic acids is 1. The monoisotopic (exact) mass is 265 g/mol. The van der Waals surface area contributed by atoms with Gasteiger partial charge in [0.2, 0.25) is 0 Å². The maximum Gasteiger partial charge on any atom is 0.450 e. The molecule has 0 aromatic heterocycles. The first kappa shape index (κ1) is 15.3. The fraction of sp³-hybridized carbons (Fsp3) is 0.533. The highest BCUT2D eigenvalue weighted by Crippen LogP contribution is 2.20. The molecule has 1 aromatic carbocycles. The summed E-state index contributed by atoms with van der Waals surface area (Å²) in [6.45, 7) is 6.68. The van der Waals surface area contributed by atoms with Crippen LogP contribution in [0, 0.1) is 13.8 Å². The van der Waals surface area contributed by atoms with Crippen LogP contribution in [0.25, 0.3) is 0 Å². The van der Waals surface area contributed by atoms with Gasteiger partial charge in [0.05, 0.1) is 0 Å². The van der Waals surface area contributed by atoms with E-state index in [4.69, 9.17) is 9.78 Å². The van der Waals surface area contributed by atoms with Gasteiger partial charge >= 0.3 is 6.09 Å². The van der Waals surface area contributed by atoms with Crippen LogP contribution < -0.4 is 10.2 Å². The minimum atomic E-state index is -0.544. The molecule has 0 radical (unpaired) electrons. The molecule has 19 heavy (non-hydrogen) atoms. The van der Waals surface area contributed by atoms with Gasteiger partial charge in [0, 0.05) is 6.54 Å². The first-order valence-electron chi connectivity index (χ1n) is 6.83. The first-order chi connectivity index (χ1) is 9.15. The zero-order valence-corrected chi connectivity index (χ0v) is 12.0. The van der Waals surface area contributed by atoms with Crippen molar-refractivity contribution >= 4 is 6.09 Å². The van der Waals surface area contributed by atoms with Gasteiger partial charge in [0.15, 0.2) is 5.75 Å². The molecule has 0 heterocycles. The van der Waals surface area contributed by atoms with E-state index in [2.05, 4.69) is 12.2 Å². The van der Waals surface area contributed by atoms with E-state index in [0.717, 1.165) is 24.0 Å². The molecule has 0 bridgehead atoms. The third-order valence-corrected chi connectivity index (χ3v) is 3.06. The van der Waals surface area contributed by atoms with E-state index in [9.17, 15) is 4.79 Å². The zero-order valence-electron chi connectivity index (χ0n) is 12.0. The number of amides is 1. The van der Waals surface area contributed by atoms with Crippen LogP contribution in [0.1, 0.15) is 43.7 Å². The highest BCUT2D eigenvalue weighted by atomic mass is 17.2. The Labute approximate surface area is 115 Å². The Kier molecular flexibility index (Phi) is 6.79. The predicted molar refractivity (Wildman–Crippen MR) is 75.2 cm³/mol. The summed E-state index contributed by atoms with van der Waals surface area (Å²) in [7, 11) is 0. The fourth-order valence-corrected chi connectivity index (χ4v) is 1.67. The van der Waals surface area contributed by atoms with Gasteiger partial charge < -0.3 is 5.32 Å². The van der Waals surface area contributed by atoms with Crippen molar-refractivity contribution in [1.82, 2.24) is 5.32 Å². The Morgan fingerprint density at radius 2 is 2.00 bits per heavy atom. The average molecular weight is 265 g/mol. The van der Waals surface area contributed by atoms with Gasteiger partial charge in [0.25, 0.3) is 0 Å². The van der Waals surface area contributed by atoms with E-state index in [1.54, 1.807) is 6.07 Å². The molecule has 1 aromatic rings. The minimum Gasteiger partial charge on any atom is -0.318 e. The van der Waals surface area contributed by atoms with Crippen molar-refractivity contribution in [3.8, 4) is 5.75 Å². The van der Waals surface area contributed by atoms with Gasteiger partial charge in [-0.25, -0.2) is 9.68 Å². The second-order valence-electron chi connectivity index (χ2n) is 4.64. The molecule has 1 rings (SSSR count). The Morgan fingerprint density at radius 1 is 1.21 bits per heavy atom. The van der Waals surface area contributed by atoms with E-state index in [1.165, 1.54) is 12.8 Å². The van der Waals surface area contributed by atoms with Crippen molar-refractivity contribution in [2.45, 2.75) is 46.5 Å². The van der Waals surface area contributed by atoms with E-state index in [0.29, 0.717) is 12.3 Å². The van der Waals surface area contributed by atoms with Crippen LogP contribution in [-0.4, -0.2) is 12.6 Å². The van der Waals surface area contributed by atoms with Crippen LogP contribution in [0.4, 0.5) is 4.79 Å². The Balaban J connectivity index is 2.24. The number of hydrogen-bond donors (Lipinski definition) is 1. The van der Waals surface area contributed by atoms with Gasteiger partial charge in [-0.15, -0.1) is 0 Å². The number of nitrogens with one attached hydrogen (secondary N) is 1. The molecule has 0 saturated heterocycles. The lowest BCUT2D eigenvalue weighted by atomic mass is 10.1. The molecule has 0 atom stereocenters. The van der Waals surface area contributed by atoms with E-state index < -0.39 is 6.09 Å². The lowest BCUT2D eigenvalue weighted by Gasteiger charge is -2.09. The number of hydrogen-bond acceptors (Lipinski definition) is 3. The number of aryl methyl sites for hydroxylation is 1. The van der Waals surface area contributed by atoms with Crippen molar-refractivity contribution < 1.29 is 14.6 Å². The lowest BCUT2D eigenvalue weighted by molar-refractivity contribution is -0.142. The summed E-state index contributed by atoms with van der Waals surface area (Å²) in [6, 6.07) is 5.62. The number of rotatable bonds is 7. The summed E-state index contributed by atoms with van der Waals surface area (Å²) < 4.78 is 0. The van der Waals surface area contributed by atoms with Crippen molar-refractivity contribution in [2.24, 2.45) is 0 Å². The molecular formula is C15H23NO3. The Bertz CT molecular complexity index is 404. The summed E-state index contributed by atoms with van der Waals surface area (Å²) in [6.07, 6.45) is 3.91. The first-order valence-corrected chi connectivity index (χ1v) is 6.83. The van der Waals surface area contributed by atoms with Gasteiger partial charge in [-0.05, 0) is 37.5 Å². The molecule has 0 aliphatic heterocycles. The molecule has 0 aliphatic carbocycles. The van der Waals surface area contributed by atoms with Crippen molar-refractivity contribution in [1.29, 1.82) is 0 Å². The highest BCUT2D eigenvalue weighted by molar-refractivity contribution is 5.66. The smallest absolute Gasteiger partial charge is 0.318 e.